The normalized spacial score (nSPS) is 22.8. The number of fused-ring (bicyclic) bond motifs is 6. The smallest absolute Gasteiger partial charge is 0.137 e. The van der Waals surface area contributed by atoms with Crippen molar-refractivity contribution in [3.05, 3.63) is 145 Å². The Kier molecular flexibility index (Phi) is 5.53. The molecular weight excluding hydrogens is 585 g/mol. The Morgan fingerprint density at radius 3 is 1.10 bits per heavy atom. The van der Waals surface area contributed by atoms with Gasteiger partial charge in [0, 0.05) is 39.4 Å². The van der Waals surface area contributed by atoms with Crippen molar-refractivity contribution >= 4 is 43.6 Å². The molecule has 4 aliphatic rings. The minimum absolute atomic E-state index is 0.0634. The van der Waals surface area contributed by atoms with E-state index in [0.717, 1.165) is 23.5 Å². The standard InChI is InChI=1S/C44H36N4/c1-5-13-38-34(9-1)35-10-2-6-14-39(35)47(38)42-19-17-30(26-45-42)44(32-22-28-21-29(24-32)25-33(44)23-28)31-18-20-43(46-27-31)48-40-15-7-3-11-36(40)37-12-4-8-16-41(37)48/h1-20,26-29,32-33H,21-25H2. The van der Waals surface area contributed by atoms with E-state index in [0.29, 0.717) is 11.8 Å². The molecule has 8 aromatic rings. The predicted octanol–water partition coefficient (Wildman–Crippen LogP) is 10.4. The van der Waals surface area contributed by atoms with Crippen LogP contribution in [0.3, 0.4) is 0 Å². The van der Waals surface area contributed by atoms with E-state index in [1.807, 2.05) is 0 Å². The van der Waals surface area contributed by atoms with Gasteiger partial charge in [0.2, 0.25) is 0 Å². The number of nitrogens with zero attached hydrogens (tertiary/aromatic N) is 4. The first-order valence-corrected chi connectivity index (χ1v) is 17.7. The highest BCUT2D eigenvalue weighted by atomic mass is 15.1. The topological polar surface area (TPSA) is 35.6 Å². The van der Waals surface area contributed by atoms with E-state index in [-0.39, 0.29) is 5.41 Å². The van der Waals surface area contributed by atoms with Crippen LogP contribution in [0.15, 0.2) is 134 Å². The lowest BCUT2D eigenvalue weighted by atomic mass is 9.42. The molecule has 0 atom stereocenters. The summed E-state index contributed by atoms with van der Waals surface area (Å²) in [5.74, 6) is 4.95. The van der Waals surface area contributed by atoms with Crippen LogP contribution in [0.5, 0.6) is 0 Å². The molecule has 4 saturated carbocycles. The van der Waals surface area contributed by atoms with Crippen LogP contribution in [0.4, 0.5) is 0 Å². The Bertz CT molecular complexity index is 2220. The summed E-state index contributed by atoms with van der Waals surface area (Å²) in [4.78, 5) is 10.6. The van der Waals surface area contributed by atoms with E-state index in [1.54, 1.807) is 0 Å². The molecule has 12 rings (SSSR count). The number of aromatic nitrogens is 4. The van der Waals surface area contributed by atoms with E-state index < -0.39 is 0 Å². The fraction of sp³-hybridized carbons (Fsp3) is 0.227. The summed E-state index contributed by atoms with van der Waals surface area (Å²) < 4.78 is 4.67. The van der Waals surface area contributed by atoms with E-state index in [1.165, 1.54) is 86.8 Å². The van der Waals surface area contributed by atoms with Gasteiger partial charge in [0.1, 0.15) is 11.6 Å². The first-order valence-electron chi connectivity index (χ1n) is 17.7. The Hall–Kier alpha value is -5.22. The van der Waals surface area contributed by atoms with Gasteiger partial charge in [0.25, 0.3) is 0 Å². The molecule has 232 valence electrons. The van der Waals surface area contributed by atoms with Crippen LogP contribution in [0.1, 0.15) is 43.2 Å². The van der Waals surface area contributed by atoms with E-state index in [4.69, 9.17) is 9.97 Å². The molecule has 0 saturated heterocycles. The molecule has 4 aliphatic carbocycles. The predicted molar refractivity (Wildman–Crippen MR) is 195 cm³/mol. The van der Waals surface area contributed by atoms with Crippen LogP contribution in [0.2, 0.25) is 0 Å². The van der Waals surface area contributed by atoms with Gasteiger partial charge in [-0.15, -0.1) is 0 Å². The van der Waals surface area contributed by atoms with Crippen molar-refractivity contribution in [3.63, 3.8) is 0 Å². The monoisotopic (exact) mass is 620 g/mol. The van der Waals surface area contributed by atoms with Gasteiger partial charge in [0.15, 0.2) is 0 Å². The second kappa shape index (κ2) is 9.90. The molecule has 4 nitrogen and oxygen atoms in total. The summed E-state index contributed by atoms with van der Waals surface area (Å²) in [6.07, 6.45) is 11.1. The van der Waals surface area contributed by atoms with Gasteiger partial charge in [-0.2, -0.15) is 0 Å². The summed E-state index contributed by atoms with van der Waals surface area (Å²) in [5, 5.41) is 5.08. The number of hydrogen-bond acceptors (Lipinski definition) is 2. The molecule has 4 heterocycles. The van der Waals surface area contributed by atoms with Gasteiger partial charge in [-0.25, -0.2) is 9.97 Å². The average molecular weight is 621 g/mol. The van der Waals surface area contributed by atoms with Gasteiger partial charge >= 0.3 is 0 Å². The first kappa shape index (κ1) is 26.8. The molecule has 48 heavy (non-hydrogen) atoms. The summed E-state index contributed by atoms with van der Waals surface area (Å²) >= 11 is 0. The van der Waals surface area contributed by atoms with Crippen molar-refractivity contribution in [3.8, 4) is 11.6 Å². The molecule has 4 heteroatoms. The van der Waals surface area contributed by atoms with Crippen molar-refractivity contribution in [2.75, 3.05) is 0 Å². The van der Waals surface area contributed by atoms with Crippen molar-refractivity contribution in [1.82, 2.24) is 19.1 Å². The number of para-hydroxylation sites is 4. The maximum Gasteiger partial charge on any atom is 0.137 e. The highest BCUT2D eigenvalue weighted by molar-refractivity contribution is 6.10. The number of benzene rings is 4. The fourth-order valence-corrected chi connectivity index (χ4v) is 10.9. The van der Waals surface area contributed by atoms with Gasteiger partial charge in [-0.3, -0.25) is 9.13 Å². The van der Waals surface area contributed by atoms with E-state index >= 15 is 0 Å². The summed E-state index contributed by atoms with van der Waals surface area (Å²) in [5.41, 5.74) is 7.48. The van der Waals surface area contributed by atoms with Crippen LogP contribution < -0.4 is 0 Å². The zero-order chi connectivity index (χ0) is 31.4. The van der Waals surface area contributed by atoms with Crippen molar-refractivity contribution in [2.24, 2.45) is 23.7 Å². The third-order valence-corrected chi connectivity index (χ3v) is 12.5. The second-order valence-corrected chi connectivity index (χ2v) is 14.7. The Labute approximate surface area is 279 Å². The van der Waals surface area contributed by atoms with Gasteiger partial charge in [0.05, 0.1) is 22.1 Å². The molecule has 4 bridgehead atoms. The zero-order valence-electron chi connectivity index (χ0n) is 26.8. The van der Waals surface area contributed by atoms with E-state index in [2.05, 4.69) is 143 Å². The molecule has 4 aromatic carbocycles. The lowest BCUT2D eigenvalue weighted by molar-refractivity contribution is -0.0420. The molecule has 4 aromatic heterocycles. The maximum absolute atomic E-state index is 5.29. The third kappa shape index (κ3) is 3.55. The third-order valence-electron chi connectivity index (χ3n) is 12.5. The Morgan fingerprint density at radius 1 is 0.417 bits per heavy atom. The Balaban J connectivity index is 1.07. The van der Waals surface area contributed by atoms with Crippen LogP contribution in [0.25, 0.3) is 55.2 Å². The SMILES string of the molecule is c1ccc2c(c1)c1ccccc1n2-c1ccc(C2(c3ccc(-n4c5ccccc5c5ccccc54)nc3)C3CC4CC(C3)CC2C4)cn1. The molecule has 0 N–H and O–H groups in total. The molecule has 0 radical (unpaired) electrons. The summed E-state index contributed by atoms with van der Waals surface area (Å²) in [6, 6.07) is 44.2. The maximum atomic E-state index is 5.29. The van der Waals surface area contributed by atoms with Gasteiger partial charge in [-0.05, 0) is 103 Å². The van der Waals surface area contributed by atoms with Crippen LogP contribution in [-0.4, -0.2) is 19.1 Å². The van der Waals surface area contributed by atoms with Gasteiger partial charge < -0.3 is 0 Å². The zero-order valence-corrected chi connectivity index (χ0v) is 26.8. The molecule has 0 unspecified atom stereocenters. The molecular formula is C44H36N4. The fourth-order valence-electron chi connectivity index (χ4n) is 10.9. The average Bonchev–Trinajstić information content (AvgIpc) is 3.65. The van der Waals surface area contributed by atoms with Crippen molar-refractivity contribution < 1.29 is 0 Å². The molecule has 0 aliphatic heterocycles. The Morgan fingerprint density at radius 2 is 0.771 bits per heavy atom. The lowest BCUT2D eigenvalue weighted by Gasteiger charge is -2.61. The summed E-state index contributed by atoms with van der Waals surface area (Å²) in [6.45, 7) is 0. The first-order chi connectivity index (χ1) is 23.8. The largest absolute Gasteiger partial charge is 0.294 e. The minimum Gasteiger partial charge on any atom is -0.294 e. The van der Waals surface area contributed by atoms with Crippen LogP contribution in [-0.2, 0) is 5.41 Å². The van der Waals surface area contributed by atoms with Crippen molar-refractivity contribution in [1.29, 1.82) is 0 Å². The highest BCUT2D eigenvalue weighted by Crippen LogP contribution is 2.65. The number of hydrogen-bond donors (Lipinski definition) is 0. The molecule has 0 amide bonds. The van der Waals surface area contributed by atoms with Gasteiger partial charge in [-0.1, -0.05) is 84.9 Å². The van der Waals surface area contributed by atoms with Crippen LogP contribution >= 0.6 is 0 Å². The second-order valence-electron chi connectivity index (χ2n) is 14.7. The lowest BCUT2D eigenvalue weighted by Crippen LogP contribution is -2.56. The van der Waals surface area contributed by atoms with E-state index in [9.17, 15) is 0 Å². The highest BCUT2D eigenvalue weighted by Gasteiger charge is 2.58. The van der Waals surface area contributed by atoms with Crippen molar-refractivity contribution in [2.45, 2.75) is 37.5 Å². The van der Waals surface area contributed by atoms with Crippen LogP contribution in [0, 0.1) is 23.7 Å². The quantitative estimate of drug-likeness (QED) is 0.196. The minimum atomic E-state index is -0.0634. The molecule has 4 fully saturated rings. The number of rotatable bonds is 4. The number of pyridine rings is 2. The molecule has 0 spiro atoms. The summed E-state index contributed by atoms with van der Waals surface area (Å²) in [7, 11) is 0.